The number of thiophene rings is 1. The average molecular weight is 367 g/mol. The normalized spacial score (nSPS) is 11.2. The van der Waals surface area contributed by atoms with Gasteiger partial charge in [0.05, 0.1) is 11.8 Å². The van der Waals surface area contributed by atoms with Crippen LogP contribution in [0, 0.1) is 12.7 Å². The molecule has 7 heteroatoms. The molecule has 26 heavy (non-hydrogen) atoms. The number of hydrogen-bond acceptors (Lipinski definition) is 4. The van der Waals surface area contributed by atoms with Crippen molar-refractivity contribution < 1.29 is 9.18 Å². The maximum absolute atomic E-state index is 13.3. The Morgan fingerprint density at radius 2 is 2.08 bits per heavy atom. The molecule has 0 saturated heterocycles. The molecule has 0 radical (unpaired) electrons. The Bertz CT molecular complexity index is 1210. The zero-order valence-electron chi connectivity index (χ0n) is 13.8. The Balaban J connectivity index is 1.65. The van der Waals surface area contributed by atoms with Gasteiger partial charge in [-0.3, -0.25) is 14.2 Å². The van der Waals surface area contributed by atoms with E-state index in [1.807, 2.05) is 24.3 Å². The number of carbonyl (C=O) groups is 1. The Morgan fingerprint density at radius 1 is 1.27 bits per heavy atom. The average Bonchev–Trinajstić information content (AvgIpc) is 3.00. The van der Waals surface area contributed by atoms with E-state index in [0.717, 1.165) is 15.6 Å². The second-order valence-corrected chi connectivity index (χ2v) is 7.01. The molecule has 4 aromatic rings. The van der Waals surface area contributed by atoms with Crippen LogP contribution in [0.5, 0.6) is 0 Å². The highest BCUT2D eigenvalue weighted by atomic mass is 32.1. The van der Waals surface area contributed by atoms with Gasteiger partial charge in [0.2, 0.25) is 5.91 Å². The Kier molecular flexibility index (Phi) is 4.00. The lowest BCUT2D eigenvalue weighted by Gasteiger charge is -2.09. The predicted molar refractivity (Wildman–Crippen MR) is 101 cm³/mol. The first-order valence-corrected chi connectivity index (χ1v) is 8.77. The van der Waals surface area contributed by atoms with Crippen LogP contribution in [0.2, 0.25) is 0 Å². The van der Waals surface area contributed by atoms with E-state index in [-0.39, 0.29) is 12.1 Å². The van der Waals surface area contributed by atoms with E-state index < -0.39 is 11.7 Å². The Hall–Kier alpha value is -3.06. The third kappa shape index (κ3) is 2.86. The van der Waals surface area contributed by atoms with Crippen molar-refractivity contribution in [3.8, 4) is 0 Å². The summed E-state index contributed by atoms with van der Waals surface area (Å²) in [6.07, 6.45) is 1.38. The monoisotopic (exact) mass is 367 g/mol. The van der Waals surface area contributed by atoms with Crippen molar-refractivity contribution in [2.24, 2.45) is 0 Å². The van der Waals surface area contributed by atoms with E-state index in [0.29, 0.717) is 15.9 Å². The van der Waals surface area contributed by atoms with Crippen LogP contribution in [0.1, 0.15) is 5.56 Å². The van der Waals surface area contributed by atoms with Crippen molar-refractivity contribution in [3.05, 3.63) is 70.5 Å². The number of nitrogens with zero attached hydrogens (tertiary/aromatic N) is 2. The molecule has 0 unspecified atom stereocenters. The number of halogens is 1. The fourth-order valence-electron chi connectivity index (χ4n) is 2.80. The van der Waals surface area contributed by atoms with E-state index in [4.69, 9.17) is 0 Å². The quantitative estimate of drug-likeness (QED) is 0.601. The number of aryl methyl sites for hydroxylation is 1. The third-order valence-electron chi connectivity index (χ3n) is 4.14. The van der Waals surface area contributed by atoms with E-state index in [9.17, 15) is 14.0 Å². The van der Waals surface area contributed by atoms with Gasteiger partial charge in [0, 0.05) is 15.8 Å². The highest BCUT2D eigenvalue weighted by molar-refractivity contribution is 7.25. The van der Waals surface area contributed by atoms with Gasteiger partial charge in [-0.1, -0.05) is 24.3 Å². The fraction of sp³-hybridized carbons (Fsp3) is 0.105. The number of amides is 1. The van der Waals surface area contributed by atoms with Crippen LogP contribution in [0.4, 0.5) is 10.1 Å². The summed E-state index contributed by atoms with van der Waals surface area (Å²) in [5, 5.41) is 3.57. The second kappa shape index (κ2) is 6.34. The number of fused-ring (bicyclic) bond motifs is 3. The number of aromatic nitrogens is 2. The molecule has 0 aliphatic carbocycles. The second-order valence-electron chi connectivity index (χ2n) is 5.96. The summed E-state index contributed by atoms with van der Waals surface area (Å²) in [5.74, 6) is -0.848. The van der Waals surface area contributed by atoms with Gasteiger partial charge in [-0.05, 0) is 30.7 Å². The minimum absolute atomic E-state index is 0.189. The molecule has 0 atom stereocenters. The highest BCUT2D eigenvalue weighted by Crippen LogP contribution is 2.29. The summed E-state index contributed by atoms with van der Waals surface area (Å²) in [4.78, 5) is 29.3. The summed E-state index contributed by atoms with van der Waals surface area (Å²) < 4.78 is 16.1. The van der Waals surface area contributed by atoms with Gasteiger partial charge in [-0.15, -0.1) is 11.3 Å². The largest absolute Gasteiger partial charge is 0.324 e. The number of rotatable bonds is 3. The number of anilines is 1. The van der Waals surface area contributed by atoms with Crippen molar-refractivity contribution >= 4 is 43.2 Å². The summed E-state index contributed by atoms with van der Waals surface area (Å²) in [6.45, 7) is 1.58. The van der Waals surface area contributed by atoms with Crippen LogP contribution in [0.15, 0.2) is 53.6 Å². The number of benzene rings is 2. The molecule has 0 aliphatic rings. The van der Waals surface area contributed by atoms with Gasteiger partial charge >= 0.3 is 0 Å². The summed E-state index contributed by atoms with van der Waals surface area (Å²) in [5.41, 5.74) is 1.51. The van der Waals surface area contributed by atoms with Crippen molar-refractivity contribution in [3.63, 3.8) is 0 Å². The smallest absolute Gasteiger partial charge is 0.271 e. The summed E-state index contributed by atoms with van der Waals surface area (Å²) >= 11 is 1.36. The van der Waals surface area contributed by atoms with Gasteiger partial charge in [0.15, 0.2) is 0 Å². The molecule has 2 aromatic heterocycles. The topological polar surface area (TPSA) is 64.0 Å². The molecule has 5 nitrogen and oxygen atoms in total. The first kappa shape index (κ1) is 16.4. The first-order chi connectivity index (χ1) is 12.5. The van der Waals surface area contributed by atoms with Crippen LogP contribution in [-0.2, 0) is 11.3 Å². The molecule has 0 saturated carbocycles. The van der Waals surface area contributed by atoms with Crippen LogP contribution < -0.4 is 10.9 Å². The molecule has 0 spiro atoms. The molecular formula is C19H14FN3O2S. The highest BCUT2D eigenvalue weighted by Gasteiger charge is 2.13. The minimum Gasteiger partial charge on any atom is -0.324 e. The van der Waals surface area contributed by atoms with E-state index in [2.05, 4.69) is 10.3 Å². The molecule has 4 rings (SSSR count). The lowest BCUT2D eigenvalue weighted by Crippen LogP contribution is -2.27. The van der Waals surface area contributed by atoms with E-state index >= 15 is 0 Å². The SMILES string of the molecule is Cc1ccc(F)cc1NC(=O)Cn1cnc2c(sc3ccccc32)c1=O. The molecule has 0 bridgehead atoms. The summed E-state index contributed by atoms with van der Waals surface area (Å²) in [7, 11) is 0. The van der Waals surface area contributed by atoms with Gasteiger partial charge in [0.1, 0.15) is 17.1 Å². The van der Waals surface area contributed by atoms with Gasteiger partial charge in [-0.2, -0.15) is 0 Å². The number of nitrogens with one attached hydrogen (secondary N) is 1. The van der Waals surface area contributed by atoms with Crippen LogP contribution in [0.3, 0.4) is 0 Å². The first-order valence-electron chi connectivity index (χ1n) is 7.95. The van der Waals surface area contributed by atoms with Gasteiger partial charge < -0.3 is 5.32 Å². The van der Waals surface area contributed by atoms with Gasteiger partial charge in [0.25, 0.3) is 5.56 Å². The van der Waals surface area contributed by atoms with Crippen LogP contribution >= 0.6 is 11.3 Å². The molecule has 130 valence electrons. The fourth-order valence-corrected chi connectivity index (χ4v) is 3.91. The third-order valence-corrected chi connectivity index (χ3v) is 5.29. The zero-order valence-corrected chi connectivity index (χ0v) is 14.6. The van der Waals surface area contributed by atoms with Crippen molar-refractivity contribution in [2.45, 2.75) is 13.5 Å². The Morgan fingerprint density at radius 3 is 2.92 bits per heavy atom. The van der Waals surface area contributed by atoms with Crippen molar-refractivity contribution in [1.29, 1.82) is 0 Å². The molecule has 0 aliphatic heterocycles. The lowest BCUT2D eigenvalue weighted by atomic mass is 10.2. The van der Waals surface area contributed by atoms with Crippen LogP contribution in [-0.4, -0.2) is 15.5 Å². The Labute approximate surface area is 151 Å². The van der Waals surface area contributed by atoms with Crippen molar-refractivity contribution in [1.82, 2.24) is 9.55 Å². The molecular weight excluding hydrogens is 353 g/mol. The molecule has 1 N–H and O–H groups in total. The predicted octanol–water partition coefficient (Wildman–Crippen LogP) is 3.70. The maximum Gasteiger partial charge on any atom is 0.271 e. The molecule has 2 aromatic carbocycles. The molecule has 0 fully saturated rings. The van der Waals surface area contributed by atoms with Crippen molar-refractivity contribution in [2.75, 3.05) is 5.32 Å². The zero-order chi connectivity index (χ0) is 18.3. The molecule has 2 heterocycles. The number of hydrogen-bond donors (Lipinski definition) is 1. The minimum atomic E-state index is -0.434. The van der Waals surface area contributed by atoms with Gasteiger partial charge in [-0.25, -0.2) is 9.37 Å². The van der Waals surface area contributed by atoms with E-state index in [1.54, 1.807) is 13.0 Å². The summed E-state index contributed by atoms with van der Waals surface area (Å²) in [6, 6.07) is 11.8. The maximum atomic E-state index is 13.3. The number of carbonyl (C=O) groups excluding carboxylic acids is 1. The lowest BCUT2D eigenvalue weighted by molar-refractivity contribution is -0.116. The standard InChI is InChI=1S/C19H14FN3O2S/c1-11-6-7-12(20)8-14(11)22-16(24)9-23-10-21-17-13-4-2-3-5-15(13)26-18(17)19(23)25/h2-8,10H,9H2,1H3,(H,22,24). The van der Waals surface area contributed by atoms with E-state index in [1.165, 1.54) is 34.4 Å². The van der Waals surface area contributed by atoms with Crippen LogP contribution in [0.25, 0.3) is 20.3 Å². The molecule has 1 amide bonds.